The van der Waals surface area contributed by atoms with E-state index in [1.807, 2.05) is 0 Å². The molecule has 7 heteroatoms. The zero-order valence-electron chi connectivity index (χ0n) is 9.70. The lowest BCUT2D eigenvalue weighted by Crippen LogP contribution is -2.59. The monoisotopic (exact) mass is 251 g/mol. The highest BCUT2D eigenvalue weighted by atomic mass is 19.4. The van der Waals surface area contributed by atoms with Crippen molar-refractivity contribution in [3.63, 3.8) is 0 Å². The van der Waals surface area contributed by atoms with Crippen molar-refractivity contribution < 1.29 is 18.3 Å². The van der Waals surface area contributed by atoms with Crippen LogP contribution in [0.15, 0.2) is 12.4 Å². The second-order valence-electron chi connectivity index (χ2n) is 4.07. The molecule has 0 bridgehead atoms. The average molecular weight is 251 g/mol. The summed E-state index contributed by atoms with van der Waals surface area (Å²) in [6, 6.07) is -1.38. The number of aromatic nitrogens is 2. The Bertz CT molecular complexity index is 377. The minimum absolute atomic E-state index is 0.0282. The number of hydrogen-bond donors (Lipinski definition) is 2. The molecule has 0 aromatic carbocycles. The first kappa shape index (κ1) is 14.0. The number of alkyl halides is 3. The molecule has 1 aromatic heterocycles. The maximum absolute atomic E-state index is 12.9. The van der Waals surface area contributed by atoms with E-state index in [1.54, 1.807) is 7.05 Å². The Morgan fingerprint density at radius 1 is 1.53 bits per heavy atom. The van der Waals surface area contributed by atoms with E-state index >= 15 is 0 Å². The van der Waals surface area contributed by atoms with Gasteiger partial charge in [-0.3, -0.25) is 0 Å². The molecule has 0 amide bonds. The minimum atomic E-state index is -4.78. The quantitative estimate of drug-likeness (QED) is 0.839. The fourth-order valence-electron chi connectivity index (χ4n) is 1.59. The first-order valence-corrected chi connectivity index (χ1v) is 5.23. The average Bonchev–Trinajstić information content (AvgIpc) is 2.61. The fraction of sp³-hybridized carbons (Fsp3) is 0.700. The van der Waals surface area contributed by atoms with Crippen LogP contribution in [0.3, 0.4) is 0 Å². The Balaban J connectivity index is 3.05. The van der Waals surface area contributed by atoms with Gasteiger partial charge in [0.15, 0.2) is 5.60 Å². The second-order valence-corrected chi connectivity index (χ2v) is 4.07. The Labute approximate surface area is 97.3 Å². The van der Waals surface area contributed by atoms with Gasteiger partial charge in [0.05, 0.1) is 0 Å². The summed E-state index contributed by atoms with van der Waals surface area (Å²) in [7, 11) is 1.57. The molecule has 0 aliphatic carbocycles. The predicted molar refractivity (Wildman–Crippen MR) is 56.2 cm³/mol. The Kier molecular flexibility index (Phi) is 3.83. The zero-order chi connectivity index (χ0) is 13.3. The Hall–Kier alpha value is -1.08. The summed E-state index contributed by atoms with van der Waals surface area (Å²) in [4.78, 5) is 3.78. The van der Waals surface area contributed by atoms with Crippen LogP contribution in [0, 0.1) is 0 Å². The van der Waals surface area contributed by atoms with Crippen LogP contribution < -0.4 is 5.73 Å². The van der Waals surface area contributed by atoms with Crippen molar-refractivity contribution in [3.8, 4) is 0 Å². The molecule has 0 aliphatic rings. The number of nitrogens with zero attached hydrogens (tertiary/aromatic N) is 2. The van der Waals surface area contributed by atoms with E-state index in [0.717, 1.165) is 0 Å². The SMILES string of the molecule is CCC(N)C(O)(Cc1nccn1C)C(F)(F)F. The van der Waals surface area contributed by atoms with E-state index in [0.29, 0.717) is 0 Å². The Morgan fingerprint density at radius 2 is 2.12 bits per heavy atom. The first-order valence-electron chi connectivity index (χ1n) is 5.23. The van der Waals surface area contributed by atoms with E-state index in [9.17, 15) is 18.3 Å². The molecule has 1 heterocycles. The second kappa shape index (κ2) is 4.66. The van der Waals surface area contributed by atoms with Crippen molar-refractivity contribution >= 4 is 0 Å². The lowest BCUT2D eigenvalue weighted by molar-refractivity contribution is -0.268. The summed E-state index contributed by atoms with van der Waals surface area (Å²) in [5.74, 6) is 0.147. The van der Waals surface area contributed by atoms with Crippen molar-refractivity contribution in [3.05, 3.63) is 18.2 Å². The van der Waals surface area contributed by atoms with E-state index in [2.05, 4.69) is 4.98 Å². The summed E-state index contributed by atoms with van der Waals surface area (Å²) in [6.45, 7) is 1.50. The number of nitrogens with two attached hydrogens (primary N) is 1. The molecule has 3 N–H and O–H groups in total. The normalized spacial score (nSPS) is 17.8. The van der Waals surface area contributed by atoms with Gasteiger partial charge in [-0.15, -0.1) is 0 Å². The largest absolute Gasteiger partial charge is 0.419 e. The van der Waals surface area contributed by atoms with Gasteiger partial charge in [0.25, 0.3) is 0 Å². The smallest absolute Gasteiger partial charge is 0.379 e. The Morgan fingerprint density at radius 3 is 2.47 bits per heavy atom. The molecule has 1 aromatic rings. The highest BCUT2D eigenvalue weighted by Gasteiger charge is 2.57. The van der Waals surface area contributed by atoms with Crippen molar-refractivity contribution in [1.29, 1.82) is 0 Å². The molecule has 0 saturated carbocycles. The molecule has 17 heavy (non-hydrogen) atoms. The molecular formula is C10H16F3N3O. The molecule has 2 unspecified atom stereocenters. The molecule has 0 aliphatic heterocycles. The molecule has 1 rings (SSSR count). The van der Waals surface area contributed by atoms with Gasteiger partial charge in [-0.25, -0.2) is 4.98 Å². The van der Waals surface area contributed by atoms with Crippen molar-refractivity contribution in [1.82, 2.24) is 9.55 Å². The maximum atomic E-state index is 12.9. The highest BCUT2D eigenvalue weighted by molar-refractivity contribution is 5.05. The summed E-state index contributed by atoms with van der Waals surface area (Å²) in [5.41, 5.74) is 2.45. The summed E-state index contributed by atoms with van der Waals surface area (Å²) in [5, 5.41) is 9.81. The molecule has 4 nitrogen and oxygen atoms in total. The van der Waals surface area contributed by atoms with Crippen molar-refractivity contribution in [2.45, 2.75) is 37.6 Å². The van der Waals surface area contributed by atoms with Crippen LogP contribution in [0.5, 0.6) is 0 Å². The van der Waals surface area contributed by atoms with Gasteiger partial charge in [0.1, 0.15) is 5.82 Å². The predicted octanol–water partition coefficient (Wildman–Crippen LogP) is 0.993. The van der Waals surface area contributed by atoms with E-state index in [4.69, 9.17) is 5.73 Å². The third-order valence-electron chi connectivity index (χ3n) is 2.89. The zero-order valence-corrected chi connectivity index (χ0v) is 9.70. The van der Waals surface area contributed by atoms with Gasteiger partial charge in [-0.05, 0) is 6.42 Å². The van der Waals surface area contributed by atoms with Crippen LogP contribution in [-0.4, -0.2) is 32.5 Å². The summed E-state index contributed by atoms with van der Waals surface area (Å²) in [6.07, 6.45) is -2.50. The number of halogens is 3. The fourth-order valence-corrected chi connectivity index (χ4v) is 1.59. The number of rotatable bonds is 4. The van der Waals surface area contributed by atoms with Crippen LogP contribution >= 0.6 is 0 Å². The van der Waals surface area contributed by atoms with Gasteiger partial charge in [-0.1, -0.05) is 6.92 Å². The first-order chi connectivity index (χ1) is 7.72. The van der Waals surface area contributed by atoms with Crippen LogP contribution in [0.2, 0.25) is 0 Å². The van der Waals surface area contributed by atoms with Gasteiger partial charge < -0.3 is 15.4 Å². The molecular weight excluding hydrogens is 235 g/mol. The van der Waals surface area contributed by atoms with Gasteiger partial charge in [0, 0.05) is 31.9 Å². The van der Waals surface area contributed by atoms with Crippen molar-refractivity contribution in [2.75, 3.05) is 0 Å². The molecule has 0 spiro atoms. The third kappa shape index (κ3) is 2.61. The molecule has 0 radical (unpaired) electrons. The number of hydrogen-bond acceptors (Lipinski definition) is 3. The number of imidazole rings is 1. The highest BCUT2D eigenvalue weighted by Crippen LogP contribution is 2.35. The molecule has 98 valence electrons. The standard InChI is InChI=1S/C10H16F3N3O/c1-3-7(14)9(17,10(11,12)13)6-8-15-4-5-16(8)2/h4-5,7,17H,3,6,14H2,1-2H3. The van der Waals surface area contributed by atoms with E-state index < -0.39 is 24.2 Å². The van der Waals surface area contributed by atoms with Crippen molar-refractivity contribution in [2.24, 2.45) is 12.8 Å². The van der Waals surface area contributed by atoms with Crippen LogP contribution in [0.1, 0.15) is 19.2 Å². The van der Waals surface area contributed by atoms with Gasteiger partial charge >= 0.3 is 6.18 Å². The lowest BCUT2D eigenvalue weighted by Gasteiger charge is -2.34. The molecule has 2 atom stereocenters. The number of aliphatic hydroxyl groups is 1. The summed E-state index contributed by atoms with van der Waals surface area (Å²) < 4.78 is 40.1. The number of aryl methyl sites for hydroxylation is 1. The summed E-state index contributed by atoms with van der Waals surface area (Å²) >= 11 is 0. The van der Waals surface area contributed by atoms with E-state index in [-0.39, 0.29) is 12.2 Å². The third-order valence-corrected chi connectivity index (χ3v) is 2.89. The van der Waals surface area contributed by atoms with E-state index in [1.165, 1.54) is 23.9 Å². The molecule has 0 fully saturated rings. The lowest BCUT2D eigenvalue weighted by atomic mass is 9.88. The van der Waals surface area contributed by atoms with Gasteiger partial charge in [0.2, 0.25) is 0 Å². The van der Waals surface area contributed by atoms with Gasteiger partial charge in [-0.2, -0.15) is 13.2 Å². The maximum Gasteiger partial charge on any atom is 0.419 e. The molecule has 0 saturated heterocycles. The van der Waals surface area contributed by atoms with Crippen LogP contribution in [0.25, 0.3) is 0 Å². The topological polar surface area (TPSA) is 64.1 Å². The minimum Gasteiger partial charge on any atom is -0.379 e. The van der Waals surface area contributed by atoms with Crippen LogP contribution in [0.4, 0.5) is 13.2 Å². The van der Waals surface area contributed by atoms with Crippen LogP contribution in [-0.2, 0) is 13.5 Å².